The lowest BCUT2D eigenvalue weighted by Crippen LogP contribution is -2.54. The van der Waals surface area contributed by atoms with Gasteiger partial charge in [0, 0.05) is 11.6 Å². The van der Waals surface area contributed by atoms with Crippen LogP contribution in [0.25, 0.3) is 0 Å². The molecular formula is C25H32N2O3. The number of benzene rings is 2. The molecule has 1 heterocycles. The van der Waals surface area contributed by atoms with E-state index in [2.05, 4.69) is 29.3 Å². The van der Waals surface area contributed by atoms with Crippen LogP contribution < -0.4 is 19.7 Å². The molecule has 2 aromatic carbocycles. The summed E-state index contributed by atoms with van der Waals surface area (Å²) >= 11 is 0. The number of carbonyl (C=O) groups excluding carboxylic acids is 1. The third-order valence-electron chi connectivity index (χ3n) is 6.15. The number of nitrogens with zero attached hydrogens (tertiary/aromatic N) is 1. The van der Waals surface area contributed by atoms with Crippen molar-refractivity contribution in [1.29, 1.82) is 0 Å². The van der Waals surface area contributed by atoms with Crippen LogP contribution in [0.3, 0.4) is 0 Å². The molecule has 2 fully saturated rings. The second-order valence-corrected chi connectivity index (χ2v) is 8.64. The maximum absolute atomic E-state index is 12.3. The molecule has 5 nitrogen and oxygen atoms in total. The largest absolute Gasteiger partial charge is 0.494 e. The van der Waals surface area contributed by atoms with Gasteiger partial charge in [-0.05, 0) is 74.6 Å². The third kappa shape index (κ3) is 4.72. The van der Waals surface area contributed by atoms with Gasteiger partial charge in [-0.2, -0.15) is 0 Å². The number of hydrogen-bond acceptors (Lipinski definition) is 4. The Morgan fingerprint density at radius 2 is 1.70 bits per heavy atom. The number of anilines is 1. The van der Waals surface area contributed by atoms with E-state index in [-0.39, 0.29) is 24.0 Å². The molecule has 0 unspecified atom stereocenters. The fraction of sp³-hybridized carbons (Fsp3) is 0.480. The van der Waals surface area contributed by atoms with E-state index in [0.29, 0.717) is 12.5 Å². The molecule has 5 heteroatoms. The highest BCUT2D eigenvalue weighted by atomic mass is 16.5. The summed E-state index contributed by atoms with van der Waals surface area (Å²) in [5.41, 5.74) is 2.30. The average Bonchev–Trinajstić information content (AvgIpc) is 2.69. The first-order valence-electron chi connectivity index (χ1n) is 11.1. The predicted molar refractivity (Wildman–Crippen MR) is 119 cm³/mol. The van der Waals surface area contributed by atoms with Crippen LogP contribution in [-0.4, -0.2) is 31.7 Å². The highest BCUT2D eigenvalue weighted by Crippen LogP contribution is 2.33. The van der Waals surface area contributed by atoms with Crippen LogP contribution >= 0.6 is 0 Å². The lowest BCUT2D eigenvalue weighted by molar-refractivity contribution is -0.129. The Labute approximate surface area is 179 Å². The van der Waals surface area contributed by atoms with E-state index in [0.717, 1.165) is 43.0 Å². The molecule has 1 saturated heterocycles. The Morgan fingerprint density at radius 1 is 1.07 bits per heavy atom. The monoisotopic (exact) mass is 408 g/mol. The maximum Gasteiger partial charge on any atom is 0.223 e. The fourth-order valence-electron chi connectivity index (χ4n) is 4.20. The van der Waals surface area contributed by atoms with Crippen LogP contribution in [0.15, 0.2) is 48.5 Å². The van der Waals surface area contributed by atoms with Gasteiger partial charge >= 0.3 is 0 Å². The highest BCUT2D eigenvalue weighted by molar-refractivity contribution is 5.79. The first-order chi connectivity index (χ1) is 14.5. The Balaban J connectivity index is 1.23. The van der Waals surface area contributed by atoms with Crippen LogP contribution in [0.5, 0.6) is 11.5 Å². The van der Waals surface area contributed by atoms with Gasteiger partial charge in [-0.1, -0.05) is 19.1 Å². The van der Waals surface area contributed by atoms with Crippen molar-refractivity contribution in [3.05, 3.63) is 54.1 Å². The van der Waals surface area contributed by atoms with Crippen LogP contribution in [0.4, 0.5) is 5.69 Å². The second-order valence-electron chi connectivity index (χ2n) is 8.64. The summed E-state index contributed by atoms with van der Waals surface area (Å²) in [6.45, 7) is 8.67. The molecule has 1 saturated carbocycles. The zero-order chi connectivity index (χ0) is 21.1. The van der Waals surface area contributed by atoms with Crippen molar-refractivity contribution in [2.75, 3.05) is 24.6 Å². The Kier molecular flexibility index (Phi) is 6.16. The van der Waals surface area contributed by atoms with Crippen molar-refractivity contribution in [2.45, 2.75) is 45.8 Å². The predicted octanol–water partition coefficient (Wildman–Crippen LogP) is 4.58. The number of ether oxygens (including phenoxy) is 2. The topological polar surface area (TPSA) is 50.8 Å². The van der Waals surface area contributed by atoms with Crippen LogP contribution in [0.2, 0.25) is 0 Å². The van der Waals surface area contributed by atoms with Crippen molar-refractivity contribution in [1.82, 2.24) is 5.32 Å². The quantitative estimate of drug-likeness (QED) is 0.695. The Hall–Kier alpha value is -2.69. The molecule has 160 valence electrons. The Morgan fingerprint density at radius 3 is 2.30 bits per heavy atom. The molecule has 1 N–H and O–H groups in total. The minimum Gasteiger partial charge on any atom is -0.494 e. The van der Waals surface area contributed by atoms with E-state index < -0.39 is 0 Å². The van der Waals surface area contributed by atoms with Gasteiger partial charge in [0.1, 0.15) is 17.6 Å². The first kappa shape index (κ1) is 20.6. The van der Waals surface area contributed by atoms with Crippen molar-refractivity contribution in [3.63, 3.8) is 0 Å². The zero-order valence-electron chi connectivity index (χ0n) is 18.1. The van der Waals surface area contributed by atoms with Gasteiger partial charge in [0.25, 0.3) is 0 Å². The van der Waals surface area contributed by atoms with Crippen molar-refractivity contribution in [3.8, 4) is 11.5 Å². The van der Waals surface area contributed by atoms with Gasteiger partial charge in [-0.15, -0.1) is 0 Å². The summed E-state index contributed by atoms with van der Waals surface area (Å²) in [7, 11) is 0. The van der Waals surface area contributed by atoms with Gasteiger partial charge < -0.3 is 19.7 Å². The molecule has 4 rings (SSSR count). The summed E-state index contributed by atoms with van der Waals surface area (Å²) in [4.78, 5) is 14.6. The van der Waals surface area contributed by atoms with E-state index in [1.165, 1.54) is 5.69 Å². The standard InChI is InChI=1S/C25H32N2O3/c1-4-29-22-11-7-21(8-12-22)27-15-24(16-27)30-23-9-5-19(6-10-23)18(3)26-25(28)20-13-17(2)14-20/h5-12,17-18,20,24H,4,13-16H2,1-3H3,(H,26,28)/t17?,18-,20?/m0/s1. The fourth-order valence-corrected chi connectivity index (χ4v) is 4.20. The van der Waals surface area contributed by atoms with Crippen molar-refractivity contribution >= 4 is 11.6 Å². The lowest BCUT2D eigenvalue weighted by atomic mass is 9.75. The maximum atomic E-state index is 12.3. The molecule has 0 aromatic heterocycles. The third-order valence-corrected chi connectivity index (χ3v) is 6.15. The minimum absolute atomic E-state index is 0.0151. The van der Waals surface area contributed by atoms with Crippen LogP contribution in [-0.2, 0) is 4.79 Å². The zero-order valence-corrected chi connectivity index (χ0v) is 18.1. The van der Waals surface area contributed by atoms with Gasteiger partial charge in [0.05, 0.1) is 25.7 Å². The lowest BCUT2D eigenvalue weighted by Gasteiger charge is -2.40. The number of nitrogens with one attached hydrogen (secondary N) is 1. The average molecular weight is 409 g/mol. The first-order valence-corrected chi connectivity index (χ1v) is 11.1. The minimum atomic E-state index is 0.0151. The molecule has 2 aromatic rings. The van der Waals surface area contributed by atoms with E-state index in [4.69, 9.17) is 9.47 Å². The van der Waals surface area contributed by atoms with Gasteiger partial charge in [-0.25, -0.2) is 0 Å². The summed E-state index contributed by atoms with van der Waals surface area (Å²) in [5, 5.41) is 3.14. The van der Waals surface area contributed by atoms with E-state index >= 15 is 0 Å². The van der Waals surface area contributed by atoms with Crippen molar-refractivity contribution < 1.29 is 14.3 Å². The number of rotatable bonds is 8. The SMILES string of the molecule is CCOc1ccc(N2CC(Oc3ccc([C@H](C)NC(=O)C4CC(C)C4)cc3)C2)cc1. The molecule has 1 aliphatic heterocycles. The molecule has 1 aliphatic carbocycles. The molecule has 30 heavy (non-hydrogen) atoms. The molecule has 0 radical (unpaired) electrons. The molecule has 0 bridgehead atoms. The van der Waals surface area contributed by atoms with Crippen LogP contribution in [0, 0.1) is 11.8 Å². The summed E-state index contributed by atoms with van der Waals surface area (Å²) in [5.74, 6) is 2.85. The molecule has 1 atom stereocenters. The summed E-state index contributed by atoms with van der Waals surface area (Å²) in [6.07, 6.45) is 2.22. The summed E-state index contributed by atoms with van der Waals surface area (Å²) < 4.78 is 11.6. The number of carbonyl (C=O) groups is 1. The number of hydrogen-bond donors (Lipinski definition) is 1. The van der Waals surface area contributed by atoms with E-state index in [1.54, 1.807) is 0 Å². The van der Waals surface area contributed by atoms with Gasteiger partial charge in [-0.3, -0.25) is 4.79 Å². The molecular weight excluding hydrogens is 376 g/mol. The second kappa shape index (κ2) is 8.99. The molecule has 0 spiro atoms. The normalized spacial score (nSPS) is 21.9. The highest BCUT2D eigenvalue weighted by Gasteiger charge is 2.32. The Bertz CT molecular complexity index is 838. The van der Waals surface area contributed by atoms with Crippen molar-refractivity contribution in [2.24, 2.45) is 11.8 Å². The summed E-state index contributed by atoms with van der Waals surface area (Å²) in [6, 6.07) is 16.3. The van der Waals surface area contributed by atoms with Gasteiger partial charge in [0.2, 0.25) is 5.91 Å². The van der Waals surface area contributed by atoms with Crippen LogP contribution in [0.1, 0.15) is 45.2 Å². The van der Waals surface area contributed by atoms with E-state index in [1.807, 2.05) is 50.2 Å². The van der Waals surface area contributed by atoms with E-state index in [9.17, 15) is 4.79 Å². The van der Waals surface area contributed by atoms with Gasteiger partial charge in [0.15, 0.2) is 0 Å². The molecule has 1 amide bonds. The molecule has 2 aliphatic rings. The number of amides is 1. The smallest absolute Gasteiger partial charge is 0.223 e.